The summed E-state index contributed by atoms with van der Waals surface area (Å²) < 4.78 is 5.41. The second kappa shape index (κ2) is 5.65. The third-order valence-electron chi connectivity index (χ3n) is 4.15. The minimum atomic E-state index is -0.434. The fourth-order valence-electron chi connectivity index (χ4n) is 3.10. The average Bonchev–Trinajstić information content (AvgIpc) is 2.34. The van der Waals surface area contributed by atoms with Crippen LogP contribution in [0.5, 0.6) is 0 Å². The molecule has 1 amide bonds. The number of ether oxygens (including phenoxy) is 1. The largest absolute Gasteiger partial charge is 0.444 e. The van der Waals surface area contributed by atoms with Crippen molar-refractivity contribution >= 4 is 23.4 Å². The van der Waals surface area contributed by atoms with E-state index in [-0.39, 0.29) is 6.09 Å². The molecule has 0 unspecified atom stereocenters. The van der Waals surface area contributed by atoms with E-state index in [1.54, 1.807) is 4.90 Å². The number of carbonyl (C=O) groups excluding carboxylic acids is 1. The van der Waals surface area contributed by atoms with Crippen LogP contribution in [0, 0.1) is 0 Å². The van der Waals surface area contributed by atoms with Crippen molar-refractivity contribution in [3.63, 3.8) is 0 Å². The monoisotopic (exact) mass is 322 g/mol. The maximum absolute atomic E-state index is 12.0. The highest BCUT2D eigenvalue weighted by molar-refractivity contribution is 6.30. The molecule has 0 aliphatic carbocycles. The molecule has 5 heteroatoms. The number of benzene rings is 1. The van der Waals surface area contributed by atoms with Crippen molar-refractivity contribution in [3.05, 3.63) is 28.8 Å². The van der Waals surface area contributed by atoms with Crippen LogP contribution < -0.4 is 4.90 Å². The van der Waals surface area contributed by atoms with E-state index in [9.17, 15) is 4.79 Å². The summed E-state index contributed by atoms with van der Waals surface area (Å²) in [5, 5.41) is 0.796. The molecule has 4 nitrogen and oxygen atoms in total. The molecule has 0 N–H and O–H groups in total. The predicted octanol–water partition coefficient (Wildman–Crippen LogP) is 3.71. The van der Waals surface area contributed by atoms with Gasteiger partial charge in [0.2, 0.25) is 0 Å². The van der Waals surface area contributed by atoms with E-state index >= 15 is 0 Å². The summed E-state index contributed by atoms with van der Waals surface area (Å²) >= 11 is 6.09. The van der Waals surface area contributed by atoms with E-state index in [2.05, 4.69) is 17.0 Å². The van der Waals surface area contributed by atoms with Crippen molar-refractivity contribution in [1.29, 1.82) is 0 Å². The summed E-state index contributed by atoms with van der Waals surface area (Å²) in [5.41, 5.74) is 2.15. The fraction of sp³-hybridized carbons (Fsp3) is 0.588. The lowest BCUT2D eigenvalue weighted by molar-refractivity contribution is 0.00802. The highest BCUT2D eigenvalue weighted by Crippen LogP contribution is 2.33. The molecule has 0 spiro atoms. The van der Waals surface area contributed by atoms with Crippen molar-refractivity contribution < 1.29 is 9.53 Å². The van der Waals surface area contributed by atoms with Crippen LogP contribution >= 0.6 is 11.6 Å². The van der Waals surface area contributed by atoms with Gasteiger partial charge >= 0.3 is 6.09 Å². The Morgan fingerprint density at radius 2 is 2.05 bits per heavy atom. The van der Waals surface area contributed by atoms with Crippen LogP contribution in [0.15, 0.2) is 18.2 Å². The van der Waals surface area contributed by atoms with Crippen molar-refractivity contribution in [3.8, 4) is 0 Å². The van der Waals surface area contributed by atoms with Crippen LogP contribution in [0.25, 0.3) is 0 Å². The third-order valence-corrected chi connectivity index (χ3v) is 4.39. The first-order chi connectivity index (χ1) is 10.3. The fourth-order valence-corrected chi connectivity index (χ4v) is 3.30. The number of nitrogens with zero attached hydrogens (tertiary/aromatic N) is 2. The van der Waals surface area contributed by atoms with Crippen LogP contribution in [0.1, 0.15) is 32.8 Å². The first-order valence-electron chi connectivity index (χ1n) is 7.86. The van der Waals surface area contributed by atoms with Crippen LogP contribution in [-0.2, 0) is 11.2 Å². The Kier molecular flexibility index (Phi) is 3.98. The molecule has 3 rings (SSSR count). The van der Waals surface area contributed by atoms with Crippen LogP contribution in [0.2, 0.25) is 5.02 Å². The topological polar surface area (TPSA) is 32.8 Å². The van der Waals surface area contributed by atoms with Crippen LogP contribution in [-0.4, -0.2) is 42.3 Å². The van der Waals surface area contributed by atoms with Crippen LogP contribution in [0.4, 0.5) is 10.5 Å². The first kappa shape index (κ1) is 15.5. The molecule has 1 aromatic carbocycles. The Hall–Kier alpha value is -1.42. The average molecular weight is 323 g/mol. The highest BCUT2D eigenvalue weighted by atomic mass is 35.5. The van der Waals surface area contributed by atoms with Gasteiger partial charge < -0.3 is 14.5 Å². The highest BCUT2D eigenvalue weighted by Gasteiger charge is 2.38. The number of hydrogen-bond donors (Lipinski definition) is 0. The van der Waals surface area contributed by atoms with Gasteiger partial charge in [0, 0.05) is 30.3 Å². The quantitative estimate of drug-likeness (QED) is 0.790. The lowest BCUT2D eigenvalue weighted by Gasteiger charge is -2.48. The van der Waals surface area contributed by atoms with Crippen molar-refractivity contribution in [2.24, 2.45) is 0 Å². The molecule has 0 atom stereocenters. The van der Waals surface area contributed by atoms with Gasteiger partial charge in [-0.3, -0.25) is 0 Å². The summed E-state index contributed by atoms with van der Waals surface area (Å²) in [5.74, 6) is 0. The third kappa shape index (κ3) is 3.17. The lowest BCUT2D eigenvalue weighted by Crippen LogP contribution is -2.62. The summed E-state index contributed by atoms with van der Waals surface area (Å²) in [6, 6.07) is 6.50. The van der Waals surface area contributed by atoms with Crippen molar-refractivity contribution in [2.45, 2.75) is 45.3 Å². The Bertz CT molecular complexity index is 577. The van der Waals surface area contributed by atoms with Gasteiger partial charge in [-0.25, -0.2) is 4.79 Å². The molecule has 0 radical (unpaired) electrons. The Morgan fingerprint density at radius 1 is 1.32 bits per heavy atom. The standard InChI is InChI=1S/C17H23ClN2O2/c1-17(2,3)22-16(21)19-10-14(11-19)20-8-4-5-12-9-13(18)6-7-15(12)20/h6-7,9,14H,4-5,8,10-11H2,1-3H3. The number of halogens is 1. The summed E-state index contributed by atoms with van der Waals surface area (Å²) in [7, 11) is 0. The Labute approximate surface area is 137 Å². The van der Waals surface area contributed by atoms with Gasteiger partial charge in [-0.05, 0) is 57.4 Å². The number of rotatable bonds is 1. The van der Waals surface area contributed by atoms with Gasteiger partial charge in [-0.2, -0.15) is 0 Å². The number of amides is 1. The molecule has 0 aromatic heterocycles. The van der Waals surface area contributed by atoms with Gasteiger partial charge in [-0.15, -0.1) is 0 Å². The molecule has 120 valence electrons. The zero-order valence-corrected chi connectivity index (χ0v) is 14.2. The second-order valence-electron chi connectivity index (χ2n) is 7.11. The number of carbonyl (C=O) groups is 1. The zero-order chi connectivity index (χ0) is 15.9. The van der Waals surface area contributed by atoms with E-state index in [1.165, 1.54) is 11.3 Å². The maximum atomic E-state index is 12.0. The van der Waals surface area contributed by atoms with E-state index in [0.717, 1.165) is 37.5 Å². The molecule has 1 saturated heterocycles. The molecule has 0 saturated carbocycles. The van der Waals surface area contributed by atoms with E-state index < -0.39 is 5.60 Å². The van der Waals surface area contributed by atoms with E-state index in [1.807, 2.05) is 26.8 Å². The normalized spacial score (nSPS) is 18.7. The Balaban J connectivity index is 1.64. The van der Waals surface area contributed by atoms with Gasteiger partial charge in [-0.1, -0.05) is 11.6 Å². The molecule has 2 aliphatic rings. The van der Waals surface area contributed by atoms with Crippen molar-refractivity contribution in [1.82, 2.24) is 4.90 Å². The maximum Gasteiger partial charge on any atom is 0.410 e. The smallest absolute Gasteiger partial charge is 0.410 e. The predicted molar refractivity (Wildman–Crippen MR) is 88.7 cm³/mol. The SMILES string of the molecule is CC(C)(C)OC(=O)N1CC(N2CCCc3cc(Cl)ccc32)C1. The molecular weight excluding hydrogens is 300 g/mol. The summed E-state index contributed by atoms with van der Waals surface area (Å²) in [4.78, 5) is 16.2. The van der Waals surface area contributed by atoms with E-state index in [4.69, 9.17) is 16.3 Å². The van der Waals surface area contributed by atoms with Gasteiger partial charge in [0.15, 0.2) is 0 Å². The zero-order valence-electron chi connectivity index (χ0n) is 13.4. The molecule has 0 bridgehead atoms. The van der Waals surface area contributed by atoms with Gasteiger partial charge in [0.1, 0.15) is 5.60 Å². The minimum absolute atomic E-state index is 0.211. The number of anilines is 1. The molecule has 1 fully saturated rings. The molecule has 22 heavy (non-hydrogen) atoms. The molecular formula is C17H23ClN2O2. The van der Waals surface area contributed by atoms with Gasteiger partial charge in [0.05, 0.1) is 6.04 Å². The lowest BCUT2D eigenvalue weighted by atomic mass is 9.97. The number of aryl methyl sites for hydroxylation is 1. The summed E-state index contributed by atoms with van der Waals surface area (Å²) in [6.07, 6.45) is 2.00. The molecule has 2 aliphatic heterocycles. The van der Waals surface area contributed by atoms with Crippen molar-refractivity contribution in [2.75, 3.05) is 24.5 Å². The number of hydrogen-bond acceptors (Lipinski definition) is 3. The summed E-state index contributed by atoms with van der Waals surface area (Å²) in [6.45, 7) is 8.20. The number of likely N-dealkylation sites (tertiary alicyclic amines) is 1. The molecule has 2 heterocycles. The Morgan fingerprint density at radius 3 is 2.73 bits per heavy atom. The molecule has 1 aromatic rings. The van der Waals surface area contributed by atoms with Gasteiger partial charge in [0.25, 0.3) is 0 Å². The second-order valence-corrected chi connectivity index (χ2v) is 7.55. The minimum Gasteiger partial charge on any atom is -0.444 e. The van der Waals surface area contributed by atoms with Crippen LogP contribution in [0.3, 0.4) is 0 Å². The first-order valence-corrected chi connectivity index (χ1v) is 8.24. The number of fused-ring (bicyclic) bond motifs is 1. The van der Waals surface area contributed by atoms with E-state index in [0.29, 0.717) is 6.04 Å².